The Bertz CT molecular complexity index is 1280. The highest BCUT2D eigenvalue weighted by Crippen LogP contribution is 2.35. The smallest absolute Gasteiger partial charge is 0.251 e. The maximum absolute atomic E-state index is 12.2. The van der Waals surface area contributed by atoms with Gasteiger partial charge in [0.15, 0.2) is 5.65 Å². The van der Waals surface area contributed by atoms with Gasteiger partial charge in [0, 0.05) is 37.8 Å². The highest BCUT2D eigenvalue weighted by atomic mass is 16.5. The number of nitrogens with one attached hydrogen (secondary N) is 1. The van der Waals surface area contributed by atoms with Crippen molar-refractivity contribution in [2.24, 2.45) is 0 Å². The molecule has 4 fully saturated rings. The van der Waals surface area contributed by atoms with Crippen LogP contribution in [0.2, 0.25) is 0 Å². The summed E-state index contributed by atoms with van der Waals surface area (Å²) in [6, 6.07) is 11.9. The third-order valence-electron chi connectivity index (χ3n) is 7.34. The summed E-state index contributed by atoms with van der Waals surface area (Å²) in [5.74, 6) is 1.49. The number of ether oxygens (including phenoxy) is 2. The van der Waals surface area contributed by atoms with Crippen molar-refractivity contribution in [1.82, 2.24) is 20.3 Å². The molecule has 1 N–H and O–H groups in total. The number of amides is 1. The Balaban J connectivity index is 1.46. The molecule has 9 heteroatoms. The van der Waals surface area contributed by atoms with E-state index in [1.54, 1.807) is 13.1 Å². The Kier molecular flexibility index (Phi) is 5.97. The molecule has 0 saturated carbocycles. The number of rotatable bonds is 4. The molecule has 1 amide bonds. The summed E-state index contributed by atoms with van der Waals surface area (Å²) >= 11 is 0. The van der Waals surface area contributed by atoms with Crippen LogP contribution in [0, 0.1) is 0 Å². The number of carbonyl (C=O) groups is 1. The second kappa shape index (κ2) is 9.29. The number of anilines is 2. The van der Waals surface area contributed by atoms with E-state index in [9.17, 15) is 4.79 Å². The van der Waals surface area contributed by atoms with Crippen LogP contribution in [0.25, 0.3) is 22.3 Å². The van der Waals surface area contributed by atoms with Crippen LogP contribution in [0.5, 0.6) is 0 Å². The van der Waals surface area contributed by atoms with Crippen molar-refractivity contribution in [1.29, 1.82) is 0 Å². The number of aromatic nitrogens is 3. The average Bonchev–Trinajstić information content (AvgIpc) is 2.91. The normalized spacial score (nSPS) is 25.9. The molecule has 9 nitrogen and oxygen atoms in total. The van der Waals surface area contributed by atoms with Gasteiger partial charge in [-0.25, -0.2) is 4.98 Å². The number of benzene rings is 1. The first kappa shape index (κ1) is 23.1. The summed E-state index contributed by atoms with van der Waals surface area (Å²) in [7, 11) is 1.63. The second-order valence-electron chi connectivity index (χ2n) is 10.1. The first-order chi connectivity index (χ1) is 17.5. The second-order valence-corrected chi connectivity index (χ2v) is 10.1. The molecule has 36 heavy (non-hydrogen) atoms. The van der Waals surface area contributed by atoms with Crippen LogP contribution >= 0.6 is 0 Å². The highest BCUT2D eigenvalue weighted by molar-refractivity contribution is 5.95. The van der Waals surface area contributed by atoms with Gasteiger partial charge in [0.1, 0.15) is 5.82 Å². The lowest BCUT2D eigenvalue weighted by Crippen LogP contribution is -2.55. The standard InChI is InChI=1S/C27H32N6O3/c1-16-12-32(13-17(2)36-16)27-30-24-22(25(31-27)33-14-21-8-7-20(33)15-35-21)9-10-23(29-24)18-5-4-6-19(11-18)26(34)28-3/h4-6,9-11,16-17,20-21H,7-8,12-15H2,1-3H3,(H,28,34)/t16-,17+,20?,21?. The van der Waals surface area contributed by atoms with Crippen molar-refractivity contribution < 1.29 is 14.3 Å². The predicted molar refractivity (Wildman–Crippen MR) is 138 cm³/mol. The van der Waals surface area contributed by atoms with Crippen molar-refractivity contribution in [2.45, 2.75) is 51.0 Å². The largest absolute Gasteiger partial charge is 0.374 e. The van der Waals surface area contributed by atoms with Gasteiger partial charge in [0.25, 0.3) is 5.91 Å². The summed E-state index contributed by atoms with van der Waals surface area (Å²) in [6.07, 6.45) is 2.64. The van der Waals surface area contributed by atoms with Crippen molar-refractivity contribution in [3.8, 4) is 11.3 Å². The third kappa shape index (κ3) is 4.26. The molecule has 4 aliphatic rings. The number of fused-ring (bicyclic) bond motifs is 4. The minimum atomic E-state index is -0.123. The van der Waals surface area contributed by atoms with Crippen LogP contribution in [-0.4, -0.2) is 78.5 Å². The third-order valence-corrected chi connectivity index (χ3v) is 7.34. The molecule has 2 unspecified atom stereocenters. The van der Waals surface area contributed by atoms with E-state index in [0.29, 0.717) is 23.2 Å². The molecule has 4 aliphatic heterocycles. The topological polar surface area (TPSA) is 92.7 Å². The van der Waals surface area contributed by atoms with Crippen LogP contribution in [0.15, 0.2) is 36.4 Å². The molecule has 2 bridgehead atoms. The number of nitrogens with zero attached hydrogens (tertiary/aromatic N) is 5. The monoisotopic (exact) mass is 488 g/mol. The number of hydrogen-bond donors (Lipinski definition) is 1. The van der Waals surface area contributed by atoms with Gasteiger partial charge in [-0.05, 0) is 51.0 Å². The molecular weight excluding hydrogens is 456 g/mol. The number of piperidine rings is 1. The minimum Gasteiger partial charge on any atom is -0.374 e. The van der Waals surface area contributed by atoms with Gasteiger partial charge in [-0.2, -0.15) is 9.97 Å². The number of hydrogen-bond acceptors (Lipinski definition) is 8. The van der Waals surface area contributed by atoms with Crippen molar-refractivity contribution in [3.05, 3.63) is 42.0 Å². The summed E-state index contributed by atoms with van der Waals surface area (Å²) in [5, 5.41) is 3.62. The van der Waals surface area contributed by atoms with E-state index in [1.165, 1.54) is 0 Å². The summed E-state index contributed by atoms with van der Waals surface area (Å²) in [4.78, 5) is 31.8. The summed E-state index contributed by atoms with van der Waals surface area (Å²) in [6.45, 7) is 7.20. The first-order valence-corrected chi connectivity index (χ1v) is 12.8. The van der Waals surface area contributed by atoms with Gasteiger partial charge in [-0.1, -0.05) is 12.1 Å². The molecule has 2 aromatic heterocycles. The van der Waals surface area contributed by atoms with Gasteiger partial charge < -0.3 is 24.6 Å². The molecule has 7 rings (SSSR count). The molecule has 4 saturated heterocycles. The first-order valence-electron chi connectivity index (χ1n) is 12.8. The fourth-order valence-corrected chi connectivity index (χ4v) is 5.62. The average molecular weight is 489 g/mol. The van der Waals surface area contributed by atoms with Gasteiger partial charge >= 0.3 is 0 Å². The molecule has 4 atom stereocenters. The van der Waals surface area contributed by atoms with Crippen LogP contribution in [0.4, 0.5) is 11.8 Å². The molecular formula is C27H32N6O3. The Morgan fingerprint density at radius 1 is 1.03 bits per heavy atom. The van der Waals surface area contributed by atoms with Crippen molar-refractivity contribution in [2.75, 3.05) is 43.1 Å². The van der Waals surface area contributed by atoms with Gasteiger partial charge in [0.05, 0.1) is 42.0 Å². The molecule has 3 aromatic rings. The highest BCUT2D eigenvalue weighted by Gasteiger charge is 2.37. The van der Waals surface area contributed by atoms with E-state index >= 15 is 0 Å². The van der Waals surface area contributed by atoms with Gasteiger partial charge in [-0.3, -0.25) is 4.79 Å². The van der Waals surface area contributed by atoms with E-state index < -0.39 is 0 Å². The molecule has 0 radical (unpaired) electrons. The van der Waals surface area contributed by atoms with Gasteiger partial charge in [-0.15, -0.1) is 0 Å². The lowest BCUT2D eigenvalue weighted by atomic mass is 9.97. The lowest BCUT2D eigenvalue weighted by Gasteiger charge is -2.46. The molecule has 0 aliphatic carbocycles. The van der Waals surface area contributed by atoms with E-state index in [0.717, 1.165) is 61.5 Å². The number of pyridine rings is 1. The Morgan fingerprint density at radius 2 is 1.86 bits per heavy atom. The van der Waals surface area contributed by atoms with Crippen LogP contribution in [-0.2, 0) is 9.47 Å². The fraction of sp³-hybridized carbons (Fsp3) is 0.481. The molecule has 188 valence electrons. The lowest BCUT2D eigenvalue weighted by molar-refractivity contribution is -0.0227. The molecule has 6 heterocycles. The predicted octanol–water partition coefficient (Wildman–Crippen LogP) is 3.03. The quantitative estimate of drug-likeness (QED) is 0.599. The van der Waals surface area contributed by atoms with Gasteiger partial charge in [0.2, 0.25) is 5.95 Å². The fourth-order valence-electron chi connectivity index (χ4n) is 5.62. The van der Waals surface area contributed by atoms with E-state index in [1.807, 2.05) is 24.3 Å². The summed E-state index contributed by atoms with van der Waals surface area (Å²) in [5.41, 5.74) is 2.91. The number of morpholine rings is 2. The van der Waals surface area contributed by atoms with Crippen LogP contribution in [0.3, 0.4) is 0 Å². The zero-order valence-corrected chi connectivity index (χ0v) is 21.0. The Morgan fingerprint density at radius 3 is 2.56 bits per heavy atom. The van der Waals surface area contributed by atoms with E-state index in [-0.39, 0.29) is 24.2 Å². The van der Waals surface area contributed by atoms with E-state index in [2.05, 4.69) is 35.0 Å². The number of carbonyl (C=O) groups excluding carboxylic acids is 1. The zero-order valence-electron chi connectivity index (χ0n) is 21.0. The Hall–Kier alpha value is -3.30. The molecule has 0 spiro atoms. The van der Waals surface area contributed by atoms with Crippen LogP contribution in [0.1, 0.15) is 37.0 Å². The zero-order chi connectivity index (χ0) is 24.8. The van der Waals surface area contributed by atoms with Crippen molar-refractivity contribution in [3.63, 3.8) is 0 Å². The van der Waals surface area contributed by atoms with Crippen molar-refractivity contribution >= 4 is 28.7 Å². The van der Waals surface area contributed by atoms with E-state index in [4.69, 9.17) is 24.4 Å². The minimum absolute atomic E-state index is 0.0997. The maximum atomic E-state index is 12.2. The Labute approximate surface area is 210 Å². The SMILES string of the molecule is CNC(=O)c1cccc(-c2ccc3c(N4CC5CCC4CO5)nc(N4C[C@@H](C)O[C@@H](C)C4)nc3n2)c1. The summed E-state index contributed by atoms with van der Waals surface area (Å²) < 4.78 is 11.9. The van der Waals surface area contributed by atoms with Crippen LogP contribution < -0.4 is 15.1 Å². The maximum Gasteiger partial charge on any atom is 0.251 e. The molecule has 1 aromatic carbocycles.